The zero-order valence-corrected chi connectivity index (χ0v) is 21.6. The van der Waals surface area contributed by atoms with Gasteiger partial charge in [-0.25, -0.2) is 4.79 Å². The molecule has 2 aliphatic heterocycles. The van der Waals surface area contributed by atoms with Crippen LogP contribution in [0.3, 0.4) is 0 Å². The van der Waals surface area contributed by atoms with Crippen LogP contribution < -0.4 is 15.5 Å². The van der Waals surface area contributed by atoms with E-state index in [4.69, 9.17) is 0 Å². The average molecular weight is 504 g/mol. The maximum Gasteiger partial charge on any atom is 0.321 e. The van der Waals surface area contributed by atoms with E-state index in [9.17, 15) is 14.4 Å². The van der Waals surface area contributed by atoms with Crippen LogP contribution >= 0.6 is 0 Å². The van der Waals surface area contributed by atoms with Gasteiger partial charge in [-0.05, 0) is 56.4 Å². The molecule has 0 unspecified atom stereocenters. The van der Waals surface area contributed by atoms with Gasteiger partial charge in [0.1, 0.15) is 12.1 Å². The van der Waals surface area contributed by atoms with Gasteiger partial charge >= 0.3 is 6.03 Å². The molecule has 0 atom stereocenters. The largest absolute Gasteiger partial charge is 0.352 e. The Bertz CT molecular complexity index is 1120. The van der Waals surface area contributed by atoms with Crippen LogP contribution in [0.4, 0.5) is 16.2 Å². The number of piperidine rings is 1. The SMILES string of the molecule is Cc1ccccc1NC(=O)N1CCC2(CC1)C(=O)N(CC(=O)NC1CCCCC1)CN2c1ccccc1. The molecule has 2 saturated heterocycles. The minimum atomic E-state index is -0.758. The molecule has 3 fully saturated rings. The Hall–Kier alpha value is -3.55. The molecule has 2 N–H and O–H groups in total. The summed E-state index contributed by atoms with van der Waals surface area (Å²) >= 11 is 0. The zero-order valence-electron chi connectivity index (χ0n) is 21.6. The highest BCUT2D eigenvalue weighted by Crippen LogP contribution is 2.39. The fraction of sp³-hybridized carbons (Fsp3) is 0.483. The average Bonchev–Trinajstić information content (AvgIpc) is 3.17. The molecule has 2 heterocycles. The predicted octanol–water partition coefficient (Wildman–Crippen LogP) is 4.12. The second kappa shape index (κ2) is 10.8. The highest BCUT2D eigenvalue weighted by Gasteiger charge is 2.54. The molecular formula is C29H37N5O3. The summed E-state index contributed by atoms with van der Waals surface area (Å²) in [5.41, 5.74) is 2.01. The highest BCUT2D eigenvalue weighted by molar-refractivity contribution is 5.97. The number of nitrogens with zero attached hydrogens (tertiary/aromatic N) is 3. The van der Waals surface area contributed by atoms with E-state index < -0.39 is 5.54 Å². The van der Waals surface area contributed by atoms with Gasteiger partial charge in [-0.3, -0.25) is 9.59 Å². The molecule has 0 radical (unpaired) electrons. The number of likely N-dealkylation sites (tertiary alicyclic amines) is 1. The molecule has 0 aromatic heterocycles. The van der Waals surface area contributed by atoms with Crippen molar-refractivity contribution in [3.05, 3.63) is 60.2 Å². The first kappa shape index (κ1) is 25.1. The summed E-state index contributed by atoms with van der Waals surface area (Å²) in [6.45, 7) is 3.34. The van der Waals surface area contributed by atoms with Crippen LogP contribution in [0.15, 0.2) is 54.6 Å². The first-order chi connectivity index (χ1) is 18.0. The van der Waals surface area contributed by atoms with Crippen molar-refractivity contribution in [2.45, 2.75) is 63.5 Å². The normalized spacial score (nSPS) is 19.8. The van der Waals surface area contributed by atoms with Gasteiger partial charge in [0, 0.05) is 30.5 Å². The van der Waals surface area contributed by atoms with Crippen molar-refractivity contribution < 1.29 is 14.4 Å². The molecule has 1 saturated carbocycles. The Balaban J connectivity index is 1.28. The van der Waals surface area contributed by atoms with Gasteiger partial charge in [-0.15, -0.1) is 0 Å². The maximum absolute atomic E-state index is 13.9. The second-order valence-electron chi connectivity index (χ2n) is 10.6. The molecule has 196 valence electrons. The van der Waals surface area contributed by atoms with Crippen molar-refractivity contribution in [3.63, 3.8) is 0 Å². The number of benzene rings is 2. The number of para-hydroxylation sites is 2. The molecule has 1 aliphatic carbocycles. The number of hydrogen-bond acceptors (Lipinski definition) is 4. The lowest BCUT2D eigenvalue weighted by molar-refractivity contribution is -0.137. The number of aryl methyl sites for hydroxylation is 1. The standard InChI is InChI=1S/C29H37N5O3/c1-22-10-8-9-15-25(22)31-28(37)32-18-16-29(17-19-32)27(36)33(21-34(29)24-13-6-3-7-14-24)20-26(35)30-23-11-4-2-5-12-23/h3,6-10,13-15,23H,2,4-5,11-12,16-21H2,1H3,(H,30,35)(H,31,37). The third-order valence-electron chi connectivity index (χ3n) is 8.15. The van der Waals surface area contributed by atoms with Crippen LogP contribution in [0.2, 0.25) is 0 Å². The number of carbonyl (C=O) groups excluding carboxylic acids is 3. The molecule has 8 nitrogen and oxygen atoms in total. The monoisotopic (exact) mass is 503 g/mol. The zero-order chi connectivity index (χ0) is 25.8. The first-order valence-corrected chi connectivity index (χ1v) is 13.5. The van der Waals surface area contributed by atoms with Crippen molar-refractivity contribution in [2.75, 3.05) is 36.5 Å². The quantitative estimate of drug-likeness (QED) is 0.643. The number of amides is 4. The van der Waals surface area contributed by atoms with Crippen molar-refractivity contribution in [3.8, 4) is 0 Å². The Morgan fingerprint density at radius 3 is 2.32 bits per heavy atom. The van der Waals surface area contributed by atoms with Gasteiger partial charge in [0.2, 0.25) is 5.91 Å². The minimum absolute atomic E-state index is 0.0193. The van der Waals surface area contributed by atoms with Crippen LogP contribution in [0.25, 0.3) is 0 Å². The molecule has 4 amide bonds. The third kappa shape index (κ3) is 5.29. The molecule has 37 heavy (non-hydrogen) atoms. The van der Waals surface area contributed by atoms with Gasteiger partial charge in [0.15, 0.2) is 0 Å². The van der Waals surface area contributed by atoms with E-state index in [-0.39, 0.29) is 30.4 Å². The van der Waals surface area contributed by atoms with E-state index in [1.165, 1.54) is 6.42 Å². The Morgan fingerprint density at radius 1 is 0.946 bits per heavy atom. The van der Waals surface area contributed by atoms with Gasteiger partial charge < -0.3 is 25.3 Å². The molecular weight excluding hydrogens is 466 g/mol. The van der Waals surface area contributed by atoms with Gasteiger partial charge in [0.05, 0.1) is 6.67 Å². The Morgan fingerprint density at radius 2 is 1.62 bits per heavy atom. The van der Waals surface area contributed by atoms with Crippen molar-refractivity contribution in [1.29, 1.82) is 0 Å². The lowest BCUT2D eigenvalue weighted by Gasteiger charge is -2.43. The molecule has 3 aliphatic rings. The van der Waals surface area contributed by atoms with Crippen LogP contribution in [0, 0.1) is 6.92 Å². The van der Waals surface area contributed by atoms with Crippen LogP contribution in [0.1, 0.15) is 50.5 Å². The van der Waals surface area contributed by atoms with E-state index in [1.807, 2.05) is 61.5 Å². The first-order valence-electron chi connectivity index (χ1n) is 13.5. The highest BCUT2D eigenvalue weighted by atomic mass is 16.2. The molecule has 8 heteroatoms. The lowest BCUT2D eigenvalue weighted by Crippen LogP contribution is -2.58. The topological polar surface area (TPSA) is 85.0 Å². The van der Waals surface area contributed by atoms with Crippen molar-refractivity contribution in [1.82, 2.24) is 15.1 Å². The number of urea groups is 1. The van der Waals surface area contributed by atoms with Gasteiger partial charge in [0.25, 0.3) is 5.91 Å². The fourth-order valence-electron chi connectivity index (χ4n) is 6.00. The minimum Gasteiger partial charge on any atom is -0.352 e. The summed E-state index contributed by atoms with van der Waals surface area (Å²) in [7, 11) is 0. The van der Waals surface area contributed by atoms with Crippen molar-refractivity contribution in [2.24, 2.45) is 0 Å². The van der Waals surface area contributed by atoms with E-state index in [0.717, 1.165) is 42.6 Å². The second-order valence-corrected chi connectivity index (χ2v) is 10.6. The maximum atomic E-state index is 13.9. The van der Waals surface area contributed by atoms with Crippen LogP contribution in [-0.4, -0.2) is 65.5 Å². The van der Waals surface area contributed by atoms with E-state index in [0.29, 0.717) is 32.6 Å². The van der Waals surface area contributed by atoms with E-state index >= 15 is 0 Å². The summed E-state index contributed by atoms with van der Waals surface area (Å²) in [6, 6.07) is 17.7. The molecule has 2 aromatic carbocycles. The van der Waals surface area contributed by atoms with Gasteiger partial charge in [-0.1, -0.05) is 55.7 Å². The summed E-state index contributed by atoms with van der Waals surface area (Å²) in [5.74, 6) is -0.102. The molecule has 0 bridgehead atoms. The van der Waals surface area contributed by atoms with E-state index in [2.05, 4.69) is 15.5 Å². The number of anilines is 2. The van der Waals surface area contributed by atoms with Crippen molar-refractivity contribution >= 4 is 29.2 Å². The smallest absolute Gasteiger partial charge is 0.321 e. The predicted molar refractivity (Wildman–Crippen MR) is 144 cm³/mol. The number of rotatable bonds is 5. The summed E-state index contributed by atoms with van der Waals surface area (Å²) in [6.07, 6.45) is 6.58. The van der Waals surface area contributed by atoms with Gasteiger partial charge in [-0.2, -0.15) is 0 Å². The molecule has 2 aromatic rings. The summed E-state index contributed by atoms with van der Waals surface area (Å²) in [4.78, 5) is 45.4. The Kier molecular flexibility index (Phi) is 7.35. The van der Waals surface area contributed by atoms with Crippen LogP contribution in [0.5, 0.6) is 0 Å². The summed E-state index contributed by atoms with van der Waals surface area (Å²) in [5, 5.41) is 6.16. The van der Waals surface area contributed by atoms with Crippen LogP contribution in [-0.2, 0) is 9.59 Å². The molecule has 5 rings (SSSR count). The lowest BCUT2D eigenvalue weighted by atomic mass is 9.85. The third-order valence-corrected chi connectivity index (χ3v) is 8.15. The number of nitrogens with one attached hydrogen (secondary N) is 2. The number of hydrogen-bond donors (Lipinski definition) is 2. The number of carbonyl (C=O) groups is 3. The fourth-order valence-corrected chi connectivity index (χ4v) is 6.00. The van der Waals surface area contributed by atoms with E-state index in [1.54, 1.807) is 9.80 Å². The Labute approximate surface area is 219 Å². The summed E-state index contributed by atoms with van der Waals surface area (Å²) < 4.78 is 0. The molecule has 1 spiro atoms.